The molecule has 0 amide bonds. The van der Waals surface area contributed by atoms with Crippen LogP contribution in [0.3, 0.4) is 0 Å². The third kappa shape index (κ3) is 4.72. The molecular formula is C17H18BrCl2N. The number of halogens is 3. The van der Waals surface area contributed by atoms with E-state index >= 15 is 0 Å². The lowest BCUT2D eigenvalue weighted by atomic mass is 9.98. The molecule has 0 aliphatic carbocycles. The van der Waals surface area contributed by atoms with Crippen LogP contribution in [0.5, 0.6) is 0 Å². The highest BCUT2D eigenvalue weighted by molar-refractivity contribution is 9.10. The van der Waals surface area contributed by atoms with Gasteiger partial charge in [-0.15, -0.1) is 0 Å². The lowest BCUT2D eigenvalue weighted by Gasteiger charge is -2.21. The van der Waals surface area contributed by atoms with Gasteiger partial charge in [-0.25, -0.2) is 0 Å². The van der Waals surface area contributed by atoms with Gasteiger partial charge in [0.25, 0.3) is 0 Å². The molecule has 1 atom stereocenters. The molecule has 0 radical (unpaired) electrons. The Morgan fingerprint density at radius 3 is 2.57 bits per heavy atom. The Morgan fingerprint density at radius 1 is 1.14 bits per heavy atom. The van der Waals surface area contributed by atoms with Gasteiger partial charge in [0, 0.05) is 20.6 Å². The molecule has 2 rings (SSSR count). The largest absolute Gasteiger partial charge is 0.310 e. The summed E-state index contributed by atoms with van der Waals surface area (Å²) in [6.07, 6.45) is 1.93. The summed E-state index contributed by atoms with van der Waals surface area (Å²) in [7, 11) is 0. The van der Waals surface area contributed by atoms with Crippen molar-refractivity contribution < 1.29 is 0 Å². The molecule has 0 aliphatic heterocycles. The Balaban J connectivity index is 2.27. The SMILES string of the molecule is CCCNC(Cc1ccccc1Cl)c1ccc(Cl)cc1Br. The predicted molar refractivity (Wildman–Crippen MR) is 95.3 cm³/mol. The maximum Gasteiger partial charge on any atom is 0.0438 e. The Bertz CT molecular complexity index is 601. The maximum atomic E-state index is 6.29. The minimum Gasteiger partial charge on any atom is -0.310 e. The molecule has 112 valence electrons. The number of hydrogen-bond acceptors (Lipinski definition) is 1. The summed E-state index contributed by atoms with van der Waals surface area (Å²) in [4.78, 5) is 0. The van der Waals surface area contributed by atoms with Gasteiger partial charge in [-0.3, -0.25) is 0 Å². The number of nitrogens with one attached hydrogen (secondary N) is 1. The molecule has 0 heterocycles. The van der Waals surface area contributed by atoms with Crippen molar-refractivity contribution in [1.29, 1.82) is 0 Å². The summed E-state index contributed by atoms with van der Waals surface area (Å²) in [5.74, 6) is 0. The van der Waals surface area contributed by atoms with Crippen molar-refractivity contribution >= 4 is 39.1 Å². The first-order valence-electron chi connectivity index (χ1n) is 7.03. The third-order valence-electron chi connectivity index (χ3n) is 3.36. The van der Waals surface area contributed by atoms with Gasteiger partial charge in [-0.05, 0) is 48.7 Å². The van der Waals surface area contributed by atoms with Crippen molar-refractivity contribution in [3.05, 3.63) is 68.1 Å². The van der Waals surface area contributed by atoms with Gasteiger partial charge < -0.3 is 5.32 Å². The fourth-order valence-electron chi connectivity index (χ4n) is 2.28. The van der Waals surface area contributed by atoms with Gasteiger partial charge >= 0.3 is 0 Å². The Kier molecular flexibility index (Phi) is 6.56. The highest BCUT2D eigenvalue weighted by atomic mass is 79.9. The molecule has 0 aliphatic rings. The van der Waals surface area contributed by atoms with E-state index in [1.807, 2.05) is 30.3 Å². The lowest BCUT2D eigenvalue weighted by Crippen LogP contribution is -2.24. The number of hydrogen-bond donors (Lipinski definition) is 1. The quantitative estimate of drug-likeness (QED) is 0.638. The van der Waals surface area contributed by atoms with E-state index in [0.717, 1.165) is 39.5 Å². The standard InChI is InChI=1S/C17H18BrCl2N/c1-2-9-21-17(10-12-5-3-4-6-16(12)20)14-8-7-13(19)11-15(14)18/h3-8,11,17,21H,2,9-10H2,1H3. The molecule has 4 heteroatoms. The van der Waals surface area contributed by atoms with Gasteiger partial charge in [0.15, 0.2) is 0 Å². The molecular weight excluding hydrogens is 369 g/mol. The van der Waals surface area contributed by atoms with Crippen molar-refractivity contribution in [2.75, 3.05) is 6.54 Å². The van der Waals surface area contributed by atoms with Crippen LogP contribution in [-0.4, -0.2) is 6.54 Å². The van der Waals surface area contributed by atoms with Crippen molar-refractivity contribution in [3.8, 4) is 0 Å². The van der Waals surface area contributed by atoms with Crippen LogP contribution in [0, 0.1) is 0 Å². The fraction of sp³-hybridized carbons (Fsp3) is 0.294. The van der Waals surface area contributed by atoms with Crippen LogP contribution in [0.4, 0.5) is 0 Å². The van der Waals surface area contributed by atoms with E-state index in [1.54, 1.807) is 0 Å². The molecule has 21 heavy (non-hydrogen) atoms. The zero-order valence-electron chi connectivity index (χ0n) is 11.9. The average molecular weight is 387 g/mol. The van der Waals surface area contributed by atoms with Crippen LogP contribution in [-0.2, 0) is 6.42 Å². The van der Waals surface area contributed by atoms with E-state index in [1.165, 1.54) is 5.56 Å². The molecule has 1 nitrogen and oxygen atoms in total. The normalized spacial score (nSPS) is 12.4. The molecule has 1 unspecified atom stereocenters. The van der Waals surface area contributed by atoms with Crippen LogP contribution in [0.1, 0.15) is 30.5 Å². The topological polar surface area (TPSA) is 12.0 Å². The second-order valence-electron chi connectivity index (χ2n) is 4.97. The molecule has 0 aromatic heterocycles. The highest BCUT2D eigenvalue weighted by Gasteiger charge is 2.16. The number of rotatable bonds is 6. The Labute approximate surface area is 144 Å². The van der Waals surface area contributed by atoms with E-state index in [2.05, 4.69) is 40.3 Å². The molecule has 1 N–H and O–H groups in total. The van der Waals surface area contributed by atoms with Gasteiger partial charge in [0.05, 0.1) is 0 Å². The maximum absolute atomic E-state index is 6.29. The van der Waals surface area contributed by atoms with Gasteiger partial charge in [-0.1, -0.05) is 70.3 Å². The molecule has 2 aromatic carbocycles. The minimum absolute atomic E-state index is 0.205. The lowest BCUT2D eigenvalue weighted by molar-refractivity contribution is 0.527. The summed E-state index contributed by atoms with van der Waals surface area (Å²) in [5.41, 5.74) is 2.35. The van der Waals surface area contributed by atoms with E-state index in [0.29, 0.717) is 0 Å². The molecule has 0 bridgehead atoms. The molecule has 0 saturated carbocycles. The minimum atomic E-state index is 0.205. The van der Waals surface area contributed by atoms with Crippen LogP contribution < -0.4 is 5.32 Å². The highest BCUT2D eigenvalue weighted by Crippen LogP contribution is 2.30. The summed E-state index contributed by atoms with van der Waals surface area (Å²) < 4.78 is 1.02. The Morgan fingerprint density at radius 2 is 1.90 bits per heavy atom. The van der Waals surface area contributed by atoms with Crippen LogP contribution in [0.25, 0.3) is 0 Å². The predicted octanol–water partition coefficient (Wildman–Crippen LogP) is 6.04. The van der Waals surface area contributed by atoms with E-state index in [4.69, 9.17) is 23.2 Å². The van der Waals surface area contributed by atoms with Crippen LogP contribution >= 0.6 is 39.1 Å². The summed E-state index contributed by atoms with van der Waals surface area (Å²) in [5, 5.41) is 5.13. The van der Waals surface area contributed by atoms with Crippen molar-refractivity contribution in [3.63, 3.8) is 0 Å². The summed E-state index contributed by atoms with van der Waals surface area (Å²) in [6.45, 7) is 3.13. The zero-order valence-corrected chi connectivity index (χ0v) is 15.0. The zero-order chi connectivity index (χ0) is 15.2. The molecule has 0 spiro atoms. The first-order valence-corrected chi connectivity index (χ1v) is 8.58. The number of benzene rings is 2. The van der Waals surface area contributed by atoms with Gasteiger partial charge in [-0.2, -0.15) is 0 Å². The van der Waals surface area contributed by atoms with Gasteiger partial charge in [0.1, 0.15) is 0 Å². The molecule has 0 saturated heterocycles. The third-order valence-corrected chi connectivity index (χ3v) is 4.65. The second-order valence-corrected chi connectivity index (χ2v) is 6.67. The van der Waals surface area contributed by atoms with Gasteiger partial charge in [0.2, 0.25) is 0 Å². The summed E-state index contributed by atoms with van der Waals surface area (Å²) in [6, 6.07) is 14.1. The first kappa shape index (κ1) is 16.8. The van der Waals surface area contributed by atoms with Crippen LogP contribution in [0.2, 0.25) is 10.0 Å². The first-order chi connectivity index (χ1) is 10.1. The smallest absolute Gasteiger partial charge is 0.0438 e. The van der Waals surface area contributed by atoms with Crippen molar-refractivity contribution in [2.45, 2.75) is 25.8 Å². The van der Waals surface area contributed by atoms with E-state index < -0.39 is 0 Å². The second kappa shape index (κ2) is 8.19. The van der Waals surface area contributed by atoms with Crippen LogP contribution in [0.15, 0.2) is 46.9 Å². The Hall–Kier alpha value is -0.540. The fourth-order valence-corrected chi connectivity index (χ4v) is 3.45. The van der Waals surface area contributed by atoms with E-state index in [-0.39, 0.29) is 6.04 Å². The monoisotopic (exact) mass is 385 g/mol. The molecule has 0 fully saturated rings. The average Bonchev–Trinajstić information content (AvgIpc) is 2.46. The van der Waals surface area contributed by atoms with Crippen molar-refractivity contribution in [1.82, 2.24) is 5.32 Å². The van der Waals surface area contributed by atoms with Crippen molar-refractivity contribution in [2.24, 2.45) is 0 Å². The van der Waals surface area contributed by atoms with E-state index in [9.17, 15) is 0 Å². The molecule has 2 aromatic rings. The summed E-state index contributed by atoms with van der Waals surface area (Å²) >= 11 is 15.9.